The zero-order chi connectivity index (χ0) is 24.9. The van der Waals surface area contributed by atoms with Crippen LogP contribution < -0.4 is 4.74 Å². The number of fused-ring (bicyclic) bond motifs is 1. The molecule has 34 heavy (non-hydrogen) atoms. The molecule has 0 heterocycles. The molecular weight excluding hydrogens is 420 g/mol. The van der Waals surface area contributed by atoms with Crippen LogP contribution in [0.5, 0.6) is 5.75 Å². The molecule has 0 atom stereocenters. The molecule has 1 aliphatic rings. The van der Waals surface area contributed by atoms with Gasteiger partial charge in [-0.15, -0.1) is 0 Å². The summed E-state index contributed by atoms with van der Waals surface area (Å²) < 4.78 is 6.08. The van der Waals surface area contributed by atoms with Crippen molar-refractivity contribution in [3.8, 4) is 16.9 Å². The molecule has 2 aromatic carbocycles. The van der Waals surface area contributed by atoms with Crippen LogP contribution in [0.2, 0.25) is 0 Å². The SMILES string of the molecule is CCCCCCCOc1ccc(-c2cc3c(cc2C)C(C)(C)CCC3(C)C)cc1C=CC(=O)O. The zero-order valence-corrected chi connectivity index (χ0v) is 22.0. The van der Waals surface area contributed by atoms with Crippen LogP contribution in [0.4, 0.5) is 0 Å². The minimum atomic E-state index is -0.954. The van der Waals surface area contributed by atoms with Gasteiger partial charge in [0.05, 0.1) is 6.61 Å². The van der Waals surface area contributed by atoms with Crippen LogP contribution in [0.3, 0.4) is 0 Å². The molecule has 184 valence electrons. The van der Waals surface area contributed by atoms with Crippen molar-refractivity contribution >= 4 is 12.0 Å². The first kappa shape index (κ1) is 26.1. The summed E-state index contributed by atoms with van der Waals surface area (Å²) in [5, 5.41) is 9.20. The monoisotopic (exact) mass is 462 g/mol. The van der Waals surface area contributed by atoms with Crippen molar-refractivity contribution in [1.82, 2.24) is 0 Å². The van der Waals surface area contributed by atoms with Gasteiger partial charge in [-0.3, -0.25) is 0 Å². The number of aryl methyl sites for hydroxylation is 1. The highest BCUT2D eigenvalue weighted by Crippen LogP contribution is 2.47. The Labute approximate surface area is 206 Å². The first-order chi connectivity index (χ1) is 16.0. The van der Waals surface area contributed by atoms with Crippen molar-refractivity contribution in [1.29, 1.82) is 0 Å². The van der Waals surface area contributed by atoms with Gasteiger partial charge in [-0.2, -0.15) is 0 Å². The lowest BCUT2D eigenvalue weighted by Crippen LogP contribution is -2.34. The number of hydrogen-bond acceptors (Lipinski definition) is 2. The number of aliphatic carboxylic acids is 1. The van der Waals surface area contributed by atoms with E-state index >= 15 is 0 Å². The Morgan fingerprint density at radius 1 is 0.971 bits per heavy atom. The number of carboxylic acids is 1. The second-order valence-electron chi connectivity index (χ2n) is 11.2. The van der Waals surface area contributed by atoms with Gasteiger partial charge < -0.3 is 9.84 Å². The van der Waals surface area contributed by atoms with E-state index in [1.165, 1.54) is 60.4 Å². The van der Waals surface area contributed by atoms with Crippen LogP contribution in [-0.2, 0) is 15.6 Å². The number of carbonyl (C=O) groups is 1. The largest absolute Gasteiger partial charge is 0.493 e. The fraction of sp³-hybridized carbons (Fsp3) is 0.516. The maximum Gasteiger partial charge on any atom is 0.328 e. The molecule has 0 aliphatic heterocycles. The summed E-state index contributed by atoms with van der Waals surface area (Å²) in [7, 11) is 0. The number of hydrogen-bond donors (Lipinski definition) is 1. The molecule has 0 bridgehead atoms. The molecule has 0 spiro atoms. The predicted molar refractivity (Wildman–Crippen MR) is 143 cm³/mol. The summed E-state index contributed by atoms with van der Waals surface area (Å²) >= 11 is 0. The summed E-state index contributed by atoms with van der Waals surface area (Å²) in [6.07, 6.45) is 11.1. The van der Waals surface area contributed by atoms with Crippen molar-refractivity contribution in [2.45, 2.75) is 97.3 Å². The van der Waals surface area contributed by atoms with Gasteiger partial charge in [0, 0.05) is 11.6 Å². The Hall–Kier alpha value is -2.55. The molecule has 1 N–H and O–H groups in total. The highest BCUT2D eigenvalue weighted by molar-refractivity contribution is 5.86. The average molecular weight is 463 g/mol. The Kier molecular flexibility index (Phi) is 8.28. The minimum Gasteiger partial charge on any atom is -0.493 e. The van der Waals surface area contributed by atoms with Crippen molar-refractivity contribution < 1.29 is 14.6 Å². The third-order valence-corrected chi connectivity index (χ3v) is 7.43. The van der Waals surface area contributed by atoms with E-state index < -0.39 is 5.97 Å². The lowest BCUT2D eigenvalue weighted by Gasteiger charge is -2.42. The molecule has 0 radical (unpaired) electrons. The summed E-state index contributed by atoms with van der Waals surface area (Å²) in [6, 6.07) is 10.9. The lowest BCUT2D eigenvalue weighted by atomic mass is 9.62. The smallest absolute Gasteiger partial charge is 0.328 e. The van der Waals surface area contributed by atoms with Gasteiger partial charge in [0.2, 0.25) is 0 Å². The van der Waals surface area contributed by atoms with E-state index in [9.17, 15) is 9.90 Å². The molecule has 0 aromatic heterocycles. The van der Waals surface area contributed by atoms with E-state index in [1.807, 2.05) is 6.07 Å². The molecule has 0 saturated carbocycles. The van der Waals surface area contributed by atoms with Crippen LogP contribution in [0.15, 0.2) is 36.4 Å². The summed E-state index contributed by atoms with van der Waals surface area (Å²) in [5.74, 6) is -0.210. The predicted octanol–water partition coefficient (Wildman–Crippen LogP) is 8.46. The van der Waals surface area contributed by atoms with E-state index in [1.54, 1.807) is 6.08 Å². The van der Waals surface area contributed by atoms with Gasteiger partial charge >= 0.3 is 5.97 Å². The molecule has 3 rings (SSSR count). The van der Waals surface area contributed by atoms with Gasteiger partial charge in [0.1, 0.15) is 5.75 Å². The highest BCUT2D eigenvalue weighted by Gasteiger charge is 2.37. The second-order valence-corrected chi connectivity index (χ2v) is 11.2. The zero-order valence-electron chi connectivity index (χ0n) is 22.0. The topological polar surface area (TPSA) is 46.5 Å². The van der Waals surface area contributed by atoms with Gasteiger partial charge in [-0.25, -0.2) is 4.79 Å². The number of unbranched alkanes of at least 4 members (excludes halogenated alkanes) is 4. The van der Waals surface area contributed by atoms with Gasteiger partial charge in [-0.05, 0) is 83.0 Å². The number of rotatable bonds is 10. The van der Waals surface area contributed by atoms with Crippen molar-refractivity contribution in [3.05, 3.63) is 58.7 Å². The van der Waals surface area contributed by atoms with E-state index in [0.29, 0.717) is 6.61 Å². The van der Waals surface area contributed by atoms with Crippen LogP contribution in [0.25, 0.3) is 17.2 Å². The molecular formula is C31H42O3. The third kappa shape index (κ3) is 6.11. The van der Waals surface area contributed by atoms with Crippen molar-refractivity contribution in [2.75, 3.05) is 6.61 Å². The maximum absolute atomic E-state index is 11.2. The molecule has 0 amide bonds. The summed E-state index contributed by atoms with van der Waals surface area (Å²) in [4.78, 5) is 11.2. The van der Waals surface area contributed by atoms with Crippen molar-refractivity contribution in [2.24, 2.45) is 0 Å². The van der Waals surface area contributed by atoms with Crippen molar-refractivity contribution in [3.63, 3.8) is 0 Å². The molecule has 0 saturated heterocycles. The minimum absolute atomic E-state index is 0.139. The molecule has 3 heteroatoms. The van der Waals surface area contributed by atoms with Gasteiger partial charge in [0.15, 0.2) is 0 Å². The van der Waals surface area contributed by atoms with E-state index in [4.69, 9.17) is 4.74 Å². The molecule has 0 unspecified atom stereocenters. The van der Waals surface area contributed by atoms with Gasteiger partial charge in [0.25, 0.3) is 0 Å². The lowest BCUT2D eigenvalue weighted by molar-refractivity contribution is -0.131. The highest BCUT2D eigenvalue weighted by atomic mass is 16.5. The van der Waals surface area contributed by atoms with Crippen LogP contribution in [-0.4, -0.2) is 17.7 Å². The number of ether oxygens (including phenoxy) is 1. The van der Waals surface area contributed by atoms with Gasteiger partial charge in [-0.1, -0.05) is 78.5 Å². The van der Waals surface area contributed by atoms with Crippen LogP contribution in [0.1, 0.15) is 102 Å². The average Bonchev–Trinajstić information content (AvgIpc) is 2.78. The standard InChI is InChI=1S/C31H42O3/c1-7-8-9-10-11-18-34-28-14-12-23(20-24(28)13-15-29(32)33)25-21-27-26(19-22(25)2)30(3,4)16-17-31(27,5)6/h12-15,19-21H,7-11,16-18H2,1-6H3,(H,32,33). The van der Waals surface area contributed by atoms with Crippen LogP contribution in [0, 0.1) is 6.92 Å². The fourth-order valence-electron chi connectivity index (χ4n) is 5.06. The number of carboxylic acid groups (broad SMARTS) is 1. The Balaban J connectivity index is 1.95. The van der Waals surface area contributed by atoms with Crippen LogP contribution >= 0.6 is 0 Å². The Morgan fingerprint density at radius 3 is 2.26 bits per heavy atom. The molecule has 1 aliphatic carbocycles. The van der Waals surface area contributed by atoms with E-state index in [0.717, 1.165) is 29.7 Å². The fourth-order valence-corrected chi connectivity index (χ4v) is 5.06. The molecule has 3 nitrogen and oxygen atoms in total. The summed E-state index contributed by atoms with van der Waals surface area (Å²) in [5.41, 5.74) is 7.57. The maximum atomic E-state index is 11.2. The quantitative estimate of drug-likeness (QED) is 0.284. The van der Waals surface area contributed by atoms with E-state index in [-0.39, 0.29) is 10.8 Å². The number of benzene rings is 2. The molecule has 2 aromatic rings. The molecule has 0 fully saturated rings. The Morgan fingerprint density at radius 2 is 1.62 bits per heavy atom. The Bertz CT molecular complexity index is 1040. The third-order valence-electron chi connectivity index (χ3n) is 7.43. The first-order valence-electron chi connectivity index (χ1n) is 12.9. The van der Waals surface area contributed by atoms with E-state index in [2.05, 4.69) is 65.8 Å². The first-order valence-corrected chi connectivity index (χ1v) is 12.9. The second kappa shape index (κ2) is 10.8. The summed E-state index contributed by atoms with van der Waals surface area (Å²) in [6.45, 7) is 14.4. The normalized spacial score (nSPS) is 16.4.